The van der Waals surface area contributed by atoms with Gasteiger partial charge in [0.25, 0.3) is 0 Å². The summed E-state index contributed by atoms with van der Waals surface area (Å²) in [6.45, 7) is 6.87. The third-order valence-corrected chi connectivity index (χ3v) is 12.8. The lowest BCUT2D eigenvalue weighted by atomic mass is 9.97. The zero-order chi connectivity index (χ0) is 58.7. The van der Waals surface area contributed by atoms with Crippen LogP contribution in [0.15, 0.2) is 85.2 Å². The fourth-order valence-corrected chi connectivity index (χ4v) is 8.06. The molecule has 25 heteroatoms. The van der Waals surface area contributed by atoms with Crippen LogP contribution in [0.4, 0.5) is 0 Å². The molecule has 4 aromatic heterocycles. The van der Waals surface area contributed by atoms with Crippen LogP contribution >= 0.6 is 0 Å². The van der Waals surface area contributed by atoms with Crippen LogP contribution in [0.1, 0.15) is 33.6 Å². The van der Waals surface area contributed by atoms with Gasteiger partial charge in [0.1, 0.15) is 60.1 Å². The van der Waals surface area contributed by atoms with Gasteiger partial charge in [-0.3, -0.25) is 9.59 Å². The molecule has 2 aliphatic heterocycles. The van der Waals surface area contributed by atoms with Crippen molar-refractivity contribution in [2.75, 3.05) is 41.4 Å². The van der Waals surface area contributed by atoms with Gasteiger partial charge in [-0.15, -0.1) is 0 Å². The maximum absolute atomic E-state index is 12.3. The summed E-state index contributed by atoms with van der Waals surface area (Å²) >= 11 is 0. The van der Waals surface area contributed by atoms with Gasteiger partial charge in [0.2, 0.25) is 11.8 Å². The van der Waals surface area contributed by atoms with Crippen LogP contribution in [0, 0.1) is 27.7 Å². The van der Waals surface area contributed by atoms with E-state index in [0.717, 1.165) is 56.3 Å². The van der Waals surface area contributed by atoms with E-state index in [-0.39, 0.29) is 11.8 Å². The fourth-order valence-electron chi connectivity index (χ4n) is 8.06. The summed E-state index contributed by atoms with van der Waals surface area (Å²) in [7, 11) is 7.12. The Bertz CT molecular complexity index is 2830. The number of hydrogen-bond acceptors (Lipinski definition) is 19. The minimum absolute atomic E-state index is 0.0710. The Morgan fingerprint density at radius 3 is 1.30 bits per heavy atom. The SMILES string of the molecule is Cc1ccc(-c2nc3ccc(C)cn3c2CC(=O)N(C)C)cc1.Cc1ccc(-c2nc3ccc(C)cn3c2CC(=O)N(C)C)cc1.O=C(O)C(O)C(O)C(=O)O.OC[C@H]1O[C@@H](O[C@H]2[C@H](O)[C@@H](O)[C@H](O)O[C@@H]2CO)[C@H](O)[C@@H](O)[C@@H]1O. The number of imidazole rings is 2. The molecular weight excluding hydrogens is 1040 g/mol. The molecule has 2 amide bonds. The highest BCUT2D eigenvalue weighted by Crippen LogP contribution is 2.30. The van der Waals surface area contributed by atoms with Gasteiger partial charge >= 0.3 is 11.9 Å². The highest BCUT2D eigenvalue weighted by Gasteiger charge is 2.50. The van der Waals surface area contributed by atoms with Crippen LogP contribution in [0.5, 0.6) is 0 Å². The third-order valence-electron chi connectivity index (χ3n) is 12.8. The Kier molecular flexibility index (Phi) is 22.2. The molecule has 2 aliphatic rings. The Morgan fingerprint density at radius 2 is 0.937 bits per heavy atom. The van der Waals surface area contributed by atoms with Crippen molar-refractivity contribution in [3.05, 3.63) is 119 Å². The van der Waals surface area contributed by atoms with E-state index >= 15 is 0 Å². The van der Waals surface area contributed by atoms with E-state index < -0.39 is 98.8 Å². The molecule has 430 valence electrons. The molecular formula is C54H70N6O19. The first-order valence-corrected chi connectivity index (χ1v) is 24.8. The molecule has 2 aromatic carbocycles. The number of nitrogens with zero attached hydrogens (tertiary/aromatic N) is 6. The Labute approximate surface area is 454 Å². The highest BCUT2D eigenvalue weighted by atomic mass is 16.7. The Balaban J connectivity index is 0.000000201. The number of aryl methyl sites for hydroxylation is 4. The van der Waals surface area contributed by atoms with Gasteiger partial charge in [-0.2, -0.15) is 0 Å². The largest absolute Gasteiger partial charge is 0.479 e. The molecule has 2 unspecified atom stereocenters. The smallest absolute Gasteiger partial charge is 0.335 e. The number of pyridine rings is 2. The highest BCUT2D eigenvalue weighted by molar-refractivity contribution is 5.83. The molecule has 25 nitrogen and oxygen atoms in total. The number of ether oxygens (including phenoxy) is 3. The average Bonchev–Trinajstić information content (AvgIpc) is 3.96. The number of carbonyl (C=O) groups is 4. The minimum Gasteiger partial charge on any atom is -0.479 e. The maximum atomic E-state index is 12.3. The van der Waals surface area contributed by atoms with Gasteiger partial charge in [-0.05, 0) is 51.0 Å². The van der Waals surface area contributed by atoms with Crippen LogP contribution in [-0.2, 0) is 46.2 Å². The number of carboxylic acid groups (broad SMARTS) is 2. The normalized spacial score (nSPS) is 23.4. The van der Waals surface area contributed by atoms with Crippen molar-refractivity contribution in [3.63, 3.8) is 0 Å². The summed E-state index contributed by atoms with van der Waals surface area (Å²) in [6.07, 6.45) is -15.4. The lowest BCUT2D eigenvalue weighted by Crippen LogP contribution is -2.64. The number of aliphatic hydroxyl groups is 10. The number of aromatic nitrogens is 4. The summed E-state index contributed by atoms with van der Waals surface area (Å²) in [5.74, 6) is -3.40. The van der Waals surface area contributed by atoms with Gasteiger partial charge in [0.05, 0.1) is 48.8 Å². The van der Waals surface area contributed by atoms with Crippen molar-refractivity contribution >= 4 is 35.0 Å². The number of amides is 2. The van der Waals surface area contributed by atoms with Crippen molar-refractivity contribution in [3.8, 4) is 22.5 Å². The van der Waals surface area contributed by atoms with E-state index in [9.17, 15) is 54.9 Å². The number of rotatable bonds is 13. The minimum atomic E-state index is -2.27. The maximum Gasteiger partial charge on any atom is 0.335 e. The molecule has 79 heavy (non-hydrogen) atoms. The van der Waals surface area contributed by atoms with Gasteiger partial charge in [0, 0.05) is 51.7 Å². The molecule has 0 spiro atoms. The van der Waals surface area contributed by atoms with Crippen molar-refractivity contribution in [2.45, 2.75) is 114 Å². The van der Waals surface area contributed by atoms with Gasteiger partial charge in [-0.25, -0.2) is 19.6 Å². The predicted molar refractivity (Wildman–Crippen MR) is 281 cm³/mol. The zero-order valence-corrected chi connectivity index (χ0v) is 44.7. The van der Waals surface area contributed by atoms with E-state index in [2.05, 4.69) is 62.4 Å². The van der Waals surface area contributed by atoms with Crippen molar-refractivity contribution < 1.29 is 94.7 Å². The average molecular weight is 1110 g/mol. The second-order valence-electron chi connectivity index (χ2n) is 19.4. The lowest BCUT2D eigenvalue weighted by Gasteiger charge is -2.45. The molecule has 12 atom stereocenters. The number of carboxylic acids is 2. The quantitative estimate of drug-likeness (QED) is 0.0658. The van der Waals surface area contributed by atoms with Crippen molar-refractivity contribution in [2.24, 2.45) is 0 Å². The summed E-state index contributed by atoms with van der Waals surface area (Å²) in [5.41, 5.74) is 12.2. The number of carbonyl (C=O) groups excluding carboxylic acids is 2. The van der Waals surface area contributed by atoms with E-state index in [1.54, 1.807) is 38.0 Å². The second kappa shape index (κ2) is 27.9. The van der Waals surface area contributed by atoms with Crippen LogP contribution in [0.2, 0.25) is 0 Å². The van der Waals surface area contributed by atoms with Crippen LogP contribution < -0.4 is 0 Å². The lowest BCUT2D eigenvalue weighted by molar-refractivity contribution is -0.355. The monoisotopic (exact) mass is 1110 g/mol. The molecule has 0 bridgehead atoms. The number of aliphatic carboxylic acids is 2. The molecule has 12 N–H and O–H groups in total. The van der Waals surface area contributed by atoms with Crippen LogP contribution in [0.25, 0.3) is 33.8 Å². The van der Waals surface area contributed by atoms with Crippen LogP contribution in [-0.4, -0.2) is 229 Å². The second-order valence-corrected chi connectivity index (χ2v) is 19.4. The summed E-state index contributed by atoms with van der Waals surface area (Å²) in [4.78, 5) is 56.8. The van der Waals surface area contributed by atoms with Crippen molar-refractivity contribution in [1.29, 1.82) is 0 Å². The Hall–Kier alpha value is -6.82. The molecule has 0 saturated carbocycles. The van der Waals surface area contributed by atoms with Crippen LogP contribution in [0.3, 0.4) is 0 Å². The first-order chi connectivity index (χ1) is 37.2. The third kappa shape index (κ3) is 15.7. The summed E-state index contributed by atoms with van der Waals surface area (Å²) < 4.78 is 19.3. The number of fused-ring (bicyclic) bond motifs is 2. The summed E-state index contributed by atoms with van der Waals surface area (Å²) in [6, 6.07) is 24.6. The number of aliphatic hydroxyl groups excluding tert-OH is 10. The number of hydrogen-bond donors (Lipinski definition) is 12. The first-order valence-electron chi connectivity index (χ1n) is 24.8. The standard InChI is InChI=1S/2C19H21N3O.C12H22O11.C4H6O6/c2*1-13-5-8-15(9-6-13)19-16(11-18(23)21(3)4)22-12-14(2)7-10-17(22)20-19;13-1-3-5(15)6(16)9(19)12(22-3)23-10-4(2-14)21-11(20)8(18)7(10)17;5-1(3(7)8)2(6)4(9)10/h2*5-10,12H,11H2,1-4H3;3-20H,1-2H2;1-2,5-6H,(H,7,8)(H,9,10)/t;;3-,4-,5-,6+,7-,8-,9-,10-,11-,12+;/m..1./s1. The molecule has 0 aliphatic carbocycles. The van der Waals surface area contributed by atoms with E-state index in [4.69, 9.17) is 49.7 Å². The van der Waals surface area contributed by atoms with E-state index in [0.29, 0.717) is 12.8 Å². The molecule has 8 rings (SSSR count). The van der Waals surface area contributed by atoms with Gasteiger partial charge < -0.3 is 94.1 Å². The predicted octanol–water partition coefficient (Wildman–Crippen LogP) is -1.02. The van der Waals surface area contributed by atoms with Gasteiger partial charge in [0.15, 0.2) is 24.8 Å². The fraction of sp³-hybridized carbons (Fsp3) is 0.444. The topological polar surface area (TPSA) is 380 Å². The van der Waals surface area contributed by atoms with Crippen molar-refractivity contribution in [1.82, 2.24) is 28.6 Å². The number of likely N-dealkylation sites (N-methyl/N-ethyl adjacent to an activating group) is 2. The van der Waals surface area contributed by atoms with Gasteiger partial charge in [-0.1, -0.05) is 71.8 Å². The molecule has 6 heterocycles. The molecule has 2 saturated heterocycles. The number of benzene rings is 2. The molecule has 6 aromatic rings. The molecule has 0 radical (unpaired) electrons. The zero-order valence-electron chi connectivity index (χ0n) is 44.7. The van der Waals surface area contributed by atoms with E-state index in [1.165, 1.54) is 11.1 Å². The summed E-state index contributed by atoms with van der Waals surface area (Å²) in [5, 5.41) is 109. The van der Waals surface area contributed by atoms with E-state index in [1.807, 2.05) is 59.3 Å². The Morgan fingerprint density at radius 1 is 0.544 bits per heavy atom. The molecule has 2 fully saturated rings. The first kappa shape index (κ1) is 63.0.